The summed E-state index contributed by atoms with van der Waals surface area (Å²) in [7, 11) is 3.32. The van der Waals surface area contributed by atoms with Crippen molar-refractivity contribution in [3.63, 3.8) is 0 Å². The fourth-order valence-electron chi connectivity index (χ4n) is 3.05. The Bertz CT molecular complexity index is 902. The Morgan fingerprint density at radius 1 is 1.37 bits per heavy atom. The molecule has 2 aromatic rings. The highest BCUT2D eigenvalue weighted by Gasteiger charge is 2.55. The van der Waals surface area contributed by atoms with Gasteiger partial charge in [0.05, 0.1) is 5.54 Å². The van der Waals surface area contributed by atoms with E-state index < -0.39 is 23.1 Å². The minimum absolute atomic E-state index is 0.216. The molecule has 1 fully saturated rings. The number of carbonyl (C=O) groups excluding carboxylic acids is 1. The predicted octanol–water partition coefficient (Wildman–Crippen LogP) is 3.83. The third kappa shape index (κ3) is 3.63. The molecule has 1 aliphatic rings. The van der Waals surface area contributed by atoms with Gasteiger partial charge in [-0.15, -0.1) is 0 Å². The maximum atomic E-state index is 14.7. The first kappa shape index (κ1) is 19.5. The molecule has 0 unspecified atom stereocenters. The summed E-state index contributed by atoms with van der Waals surface area (Å²) in [6.07, 6.45) is 0.919. The van der Waals surface area contributed by atoms with Crippen molar-refractivity contribution in [2.75, 3.05) is 7.05 Å². The van der Waals surface area contributed by atoms with Crippen LogP contribution >= 0.6 is 11.6 Å². The van der Waals surface area contributed by atoms with E-state index >= 15 is 0 Å². The maximum Gasteiger partial charge on any atom is 0.410 e. The van der Waals surface area contributed by atoms with Crippen LogP contribution in [0.25, 0.3) is 11.3 Å². The standard InChI is InChI=1S/C18H23ClFN5O2/c1-10-9-11(12(20)15(19)21-10)13-14(23-25(6)22-13)18(7-8-18)24(5)16(26)27-17(2,3)4/h9H,7-8H2,1-6H3. The summed E-state index contributed by atoms with van der Waals surface area (Å²) < 4.78 is 20.2. The lowest BCUT2D eigenvalue weighted by Crippen LogP contribution is -2.41. The Morgan fingerprint density at radius 2 is 2.00 bits per heavy atom. The fourth-order valence-corrected chi connectivity index (χ4v) is 3.28. The summed E-state index contributed by atoms with van der Waals surface area (Å²) >= 11 is 5.92. The Balaban J connectivity index is 2.06. The van der Waals surface area contributed by atoms with E-state index in [-0.39, 0.29) is 10.7 Å². The monoisotopic (exact) mass is 395 g/mol. The van der Waals surface area contributed by atoms with Crippen LogP contribution < -0.4 is 0 Å². The molecule has 0 radical (unpaired) electrons. The van der Waals surface area contributed by atoms with Crippen molar-refractivity contribution < 1.29 is 13.9 Å². The molecule has 1 aliphatic carbocycles. The summed E-state index contributed by atoms with van der Waals surface area (Å²) in [5, 5.41) is 8.58. The van der Waals surface area contributed by atoms with E-state index in [2.05, 4.69) is 15.2 Å². The van der Waals surface area contributed by atoms with Crippen LogP contribution in [0.4, 0.5) is 9.18 Å². The smallest absolute Gasteiger partial charge is 0.410 e. The molecule has 0 aliphatic heterocycles. The van der Waals surface area contributed by atoms with E-state index in [0.29, 0.717) is 29.9 Å². The number of pyridine rings is 1. The van der Waals surface area contributed by atoms with Gasteiger partial charge in [-0.3, -0.25) is 4.90 Å². The molecule has 0 saturated heterocycles. The number of aromatic nitrogens is 4. The van der Waals surface area contributed by atoms with Crippen LogP contribution in [0.3, 0.4) is 0 Å². The van der Waals surface area contributed by atoms with Gasteiger partial charge in [0, 0.05) is 25.4 Å². The number of hydrogen-bond donors (Lipinski definition) is 0. The normalized spacial score (nSPS) is 15.6. The van der Waals surface area contributed by atoms with Crippen LogP contribution in [0, 0.1) is 12.7 Å². The van der Waals surface area contributed by atoms with Crippen molar-refractivity contribution in [2.24, 2.45) is 7.05 Å². The van der Waals surface area contributed by atoms with Gasteiger partial charge in [0.25, 0.3) is 0 Å². The van der Waals surface area contributed by atoms with Crippen LogP contribution in [-0.4, -0.2) is 43.6 Å². The summed E-state index contributed by atoms with van der Waals surface area (Å²) in [6, 6.07) is 1.58. The first-order chi connectivity index (χ1) is 12.4. The van der Waals surface area contributed by atoms with Crippen LogP contribution in [-0.2, 0) is 17.3 Å². The summed E-state index contributed by atoms with van der Waals surface area (Å²) in [5.74, 6) is -0.653. The molecule has 0 bridgehead atoms. The highest BCUT2D eigenvalue weighted by atomic mass is 35.5. The van der Waals surface area contributed by atoms with Crippen LogP contribution in [0.5, 0.6) is 0 Å². The predicted molar refractivity (Wildman–Crippen MR) is 98.8 cm³/mol. The SMILES string of the molecule is Cc1cc(-c2nn(C)nc2C2(N(C)C(=O)OC(C)(C)C)CC2)c(F)c(Cl)n1. The summed E-state index contributed by atoms with van der Waals surface area (Å²) in [4.78, 5) is 19.4. The molecule has 2 heterocycles. The maximum absolute atomic E-state index is 14.7. The van der Waals surface area contributed by atoms with Crippen LogP contribution in [0.2, 0.25) is 5.15 Å². The van der Waals surface area contributed by atoms with E-state index in [9.17, 15) is 9.18 Å². The first-order valence-electron chi connectivity index (χ1n) is 8.66. The molecule has 146 valence electrons. The number of aryl methyl sites for hydroxylation is 2. The first-order valence-corrected chi connectivity index (χ1v) is 9.04. The second-order valence-corrected chi connectivity index (χ2v) is 8.23. The Labute approximate surface area is 162 Å². The van der Waals surface area contributed by atoms with E-state index in [4.69, 9.17) is 16.3 Å². The Hall–Kier alpha value is -2.22. The molecule has 0 atom stereocenters. The van der Waals surface area contributed by atoms with E-state index in [1.54, 1.807) is 27.1 Å². The van der Waals surface area contributed by atoms with Crippen LogP contribution in [0.15, 0.2) is 6.07 Å². The molecule has 2 aromatic heterocycles. The van der Waals surface area contributed by atoms with Crippen molar-refractivity contribution >= 4 is 17.7 Å². The van der Waals surface area contributed by atoms with E-state index in [1.165, 1.54) is 9.70 Å². The van der Waals surface area contributed by atoms with Gasteiger partial charge < -0.3 is 4.74 Å². The topological polar surface area (TPSA) is 73.1 Å². The molecule has 0 N–H and O–H groups in total. The second-order valence-electron chi connectivity index (χ2n) is 7.87. The average molecular weight is 396 g/mol. The zero-order chi connectivity index (χ0) is 20.1. The van der Waals surface area contributed by atoms with Gasteiger partial charge in [0.15, 0.2) is 11.0 Å². The Morgan fingerprint density at radius 3 is 2.56 bits per heavy atom. The molecule has 9 heteroatoms. The Kier molecular flexibility index (Phi) is 4.66. The fraction of sp³-hybridized carbons (Fsp3) is 0.556. The third-order valence-corrected chi connectivity index (χ3v) is 4.74. The number of hydrogen-bond acceptors (Lipinski definition) is 5. The number of ether oxygens (including phenoxy) is 1. The molecule has 7 nitrogen and oxygen atoms in total. The summed E-state index contributed by atoms with van der Waals surface area (Å²) in [5.41, 5.74) is 0.378. The van der Waals surface area contributed by atoms with Gasteiger partial charge in [-0.25, -0.2) is 14.2 Å². The lowest BCUT2D eigenvalue weighted by molar-refractivity contribution is 0.0185. The van der Waals surface area contributed by atoms with Crippen LogP contribution in [0.1, 0.15) is 45.0 Å². The molecule has 0 aromatic carbocycles. The lowest BCUT2D eigenvalue weighted by Gasteiger charge is -2.30. The van der Waals surface area contributed by atoms with Gasteiger partial charge in [-0.1, -0.05) is 11.6 Å². The van der Waals surface area contributed by atoms with Gasteiger partial charge >= 0.3 is 6.09 Å². The number of amides is 1. The highest BCUT2D eigenvalue weighted by Crippen LogP contribution is 2.52. The van der Waals surface area contributed by atoms with Gasteiger partial charge in [0.1, 0.15) is 17.0 Å². The number of carbonyl (C=O) groups is 1. The molecule has 0 spiro atoms. The van der Waals surface area contributed by atoms with E-state index in [0.717, 1.165) is 0 Å². The largest absolute Gasteiger partial charge is 0.444 e. The number of halogens is 2. The molecular formula is C18H23ClFN5O2. The second kappa shape index (κ2) is 6.44. The van der Waals surface area contributed by atoms with E-state index in [1.807, 2.05) is 20.8 Å². The van der Waals surface area contributed by atoms with Crippen molar-refractivity contribution in [3.8, 4) is 11.3 Å². The number of nitrogens with zero attached hydrogens (tertiary/aromatic N) is 5. The van der Waals surface area contributed by atoms with Crippen molar-refractivity contribution in [1.29, 1.82) is 0 Å². The molecule has 1 saturated carbocycles. The van der Waals surface area contributed by atoms with Gasteiger partial charge in [-0.2, -0.15) is 15.0 Å². The third-order valence-electron chi connectivity index (χ3n) is 4.49. The average Bonchev–Trinajstić information content (AvgIpc) is 3.25. The zero-order valence-electron chi connectivity index (χ0n) is 16.3. The minimum Gasteiger partial charge on any atom is -0.444 e. The molecule has 27 heavy (non-hydrogen) atoms. The molecule has 1 amide bonds. The minimum atomic E-state index is -0.679. The van der Waals surface area contributed by atoms with Crippen molar-refractivity contribution in [2.45, 2.75) is 51.7 Å². The summed E-state index contributed by atoms with van der Waals surface area (Å²) in [6.45, 7) is 7.15. The van der Waals surface area contributed by atoms with Gasteiger partial charge in [0.2, 0.25) is 0 Å². The lowest BCUT2D eigenvalue weighted by atomic mass is 10.0. The zero-order valence-corrected chi connectivity index (χ0v) is 17.1. The van der Waals surface area contributed by atoms with Crippen molar-refractivity contribution in [1.82, 2.24) is 24.9 Å². The number of rotatable bonds is 3. The quantitative estimate of drug-likeness (QED) is 0.738. The molecule has 3 rings (SSSR count). The van der Waals surface area contributed by atoms with Crippen molar-refractivity contribution in [3.05, 3.63) is 28.4 Å². The van der Waals surface area contributed by atoms with Gasteiger partial charge in [-0.05, 0) is 46.6 Å². The molecular weight excluding hydrogens is 373 g/mol. The highest BCUT2D eigenvalue weighted by molar-refractivity contribution is 6.29.